The SMILES string of the molecule is CCc1nc2ccc(C(F)(F)F)cn2c1C(=O)NCc1ccccn1. The molecule has 25 heavy (non-hydrogen) atoms. The standard InChI is InChI=1S/C17H15F3N4O/c1-2-13-15(16(25)22-9-12-5-3-4-8-21-12)24-10-11(17(18,19)20)6-7-14(24)23-13/h3-8,10H,2,9H2,1H3,(H,22,25). The third-order valence-electron chi connectivity index (χ3n) is 3.72. The quantitative estimate of drug-likeness (QED) is 0.787. The number of pyridine rings is 2. The highest BCUT2D eigenvalue weighted by Crippen LogP contribution is 2.30. The van der Waals surface area contributed by atoms with Crippen LogP contribution in [-0.4, -0.2) is 20.3 Å². The summed E-state index contributed by atoms with van der Waals surface area (Å²) >= 11 is 0. The molecule has 0 bridgehead atoms. The minimum absolute atomic E-state index is 0.111. The van der Waals surface area contributed by atoms with Gasteiger partial charge in [-0.2, -0.15) is 13.2 Å². The van der Waals surface area contributed by atoms with Gasteiger partial charge in [0.05, 0.1) is 23.5 Å². The third-order valence-corrected chi connectivity index (χ3v) is 3.72. The van der Waals surface area contributed by atoms with Crippen LogP contribution in [-0.2, 0) is 19.1 Å². The summed E-state index contributed by atoms with van der Waals surface area (Å²) in [7, 11) is 0. The largest absolute Gasteiger partial charge is 0.417 e. The normalized spacial score (nSPS) is 11.7. The van der Waals surface area contributed by atoms with Gasteiger partial charge in [0, 0.05) is 12.4 Å². The van der Waals surface area contributed by atoms with Crippen molar-refractivity contribution in [1.29, 1.82) is 0 Å². The van der Waals surface area contributed by atoms with Crippen molar-refractivity contribution in [3.05, 3.63) is 65.4 Å². The van der Waals surface area contributed by atoms with Crippen LogP contribution >= 0.6 is 0 Å². The second-order valence-electron chi connectivity index (χ2n) is 5.41. The second kappa shape index (κ2) is 6.54. The number of rotatable bonds is 4. The minimum Gasteiger partial charge on any atom is -0.345 e. The molecular weight excluding hydrogens is 333 g/mol. The number of hydrogen-bond acceptors (Lipinski definition) is 3. The number of fused-ring (bicyclic) bond motifs is 1. The number of imidazole rings is 1. The van der Waals surface area contributed by atoms with Gasteiger partial charge in [0.25, 0.3) is 5.91 Å². The molecule has 8 heteroatoms. The smallest absolute Gasteiger partial charge is 0.345 e. The predicted octanol–water partition coefficient (Wildman–Crippen LogP) is 3.24. The summed E-state index contributed by atoms with van der Waals surface area (Å²) in [5, 5.41) is 2.68. The van der Waals surface area contributed by atoms with E-state index in [1.807, 2.05) is 0 Å². The number of carbonyl (C=O) groups excluding carboxylic acids is 1. The molecule has 0 unspecified atom stereocenters. The van der Waals surface area contributed by atoms with Crippen molar-refractivity contribution in [3.8, 4) is 0 Å². The van der Waals surface area contributed by atoms with E-state index in [2.05, 4.69) is 15.3 Å². The maximum Gasteiger partial charge on any atom is 0.417 e. The van der Waals surface area contributed by atoms with Crippen LogP contribution in [0.25, 0.3) is 5.65 Å². The number of hydrogen-bond donors (Lipinski definition) is 1. The molecule has 0 atom stereocenters. The van der Waals surface area contributed by atoms with Gasteiger partial charge in [-0.25, -0.2) is 4.98 Å². The summed E-state index contributed by atoms with van der Waals surface area (Å²) in [6.45, 7) is 1.97. The Labute approximate surface area is 141 Å². The van der Waals surface area contributed by atoms with Gasteiger partial charge in [-0.15, -0.1) is 0 Å². The first-order valence-electron chi connectivity index (χ1n) is 7.66. The molecule has 3 aromatic heterocycles. The van der Waals surface area contributed by atoms with Gasteiger partial charge in [0.1, 0.15) is 11.3 Å². The van der Waals surface area contributed by atoms with Crippen LogP contribution in [0.5, 0.6) is 0 Å². The molecule has 0 fully saturated rings. The summed E-state index contributed by atoms with van der Waals surface area (Å²) in [5.74, 6) is -0.491. The van der Waals surface area contributed by atoms with Crippen molar-refractivity contribution >= 4 is 11.6 Å². The first-order chi connectivity index (χ1) is 11.9. The molecule has 3 aromatic rings. The summed E-state index contributed by atoms with van der Waals surface area (Å²) in [5.41, 5.74) is 0.669. The van der Waals surface area contributed by atoms with E-state index in [1.165, 1.54) is 10.5 Å². The molecule has 0 radical (unpaired) electrons. The van der Waals surface area contributed by atoms with E-state index in [0.29, 0.717) is 23.5 Å². The average Bonchev–Trinajstić information content (AvgIpc) is 2.97. The van der Waals surface area contributed by atoms with Gasteiger partial charge in [-0.1, -0.05) is 13.0 Å². The van der Waals surface area contributed by atoms with Gasteiger partial charge in [-0.05, 0) is 30.7 Å². The van der Waals surface area contributed by atoms with Crippen molar-refractivity contribution in [2.24, 2.45) is 0 Å². The highest BCUT2D eigenvalue weighted by atomic mass is 19.4. The lowest BCUT2D eigenvalue weighted by atomic mass is 10.2. The minimum atomic E-state index is -4.49. The van der Waals surface area contributed by atoms with Crippen LogP contribution in [0.4, 0.5) is 13.2 Å². The van der Waals surface area contributed by atoms with E-state index in [9.17, 15) is 18.0 Å². The third kappa shape index (κ3) is 3.47. The second-order valence-corrected chi connectivity index (χ2v) is 5.41. The highest BCUT2D eigenvalue weighted by molar-refractivity contribution is 5.94. The first-order valence-corrected chi connectivity index (χ1v) is 7.66. The molecule has 0 spiro atoms. The predicted molar refractivity (Wildman–Crippen MR) is 85.0 cm³/mol. The van der Waals surface area contributed by atoms with E-state index < -0.39 is 17.6 Å². The molecule has 130 valence electrons. The number of aromatic nitrogens is 3. The Bertz CT molecular complexity index is 903. The lowest BCUT2D eigenvalue weighted by molar-refractivity contribution is -0.137. The number of halogens is 3. The molecule has 0 saturated carbocycles. The molecule has 5 nitrogen and oxygen atoms in total. The Balaban J connectivity index is 1.96. The van der Waals surface area contributed by atoms with E-state index >= 15 is 0 Å². The molecule has 3 heterocycles. The maximum absolute atomic E-state index is 13.0. The van der Waals surface area contributed by atoms with Crippen LogP contribution in [0.2, 0.25) is 0 Å². The van der Waals surface area contributed by atoms with Crippen molar-refractivity contribution in [2.75, 3.05) is 0 Å². The lowest BCUT2D eigenvalue weighted by Crippen LogP contribution is -2.26. The van der Waals surface area contributed by atoms with Crippen molar-refractivity contribution < 1.29 is 18.0 Å². The van der Waals surface area contributed by atoms with Gasteiger partial charge in [0.2, 0.25) is 0 Å². The zero-order chi connectivity index (χ0) is 18.0. The van der Waals surface area contributed by atoms with Crippen LogP contribution < -0.4 is 5.32 Å². The number of nitrogens with one attached hydrogen (secondary N) is 1. The Hall–Kier alpha value is -2.90. The van der Waals surface area contributed by atoms with E-state index in [0.717, 1.165) is 12.3 Å². The number of nitrogens with zero attached hydrogens (tertiary/aromatic N) is 3. The Morgan fingerprint density at radius 2 is 2.04 bits per heavy atom. The molecule has 1 N–H and O–H groups in total. The fraction of sp³-hybridized carbons (Fsp3) is 0.235. The molecule has 0 saturated heterocycles. The Morgan fingerprint density at radius 1 is 1.24 bits per heavy atom. The average molecular weight is 348 g/mol. The van der Waals surface area contributed by atoms with E-state index in [1.54, 1.807) is 31.3 Å². The molecule has 0 aliphatic rings. The van der Waals surface area contributed by atoms with Crippen molar-refractivity contribution in [3.63, 3.8) is 0 Å². The maximum atomic E-state index is 13.0. The molecule has 3 rings (SSSR count). The number of amides is 1. The van der Waals surface area contributed by atoms with Crippen LogP contribution in [0.1, 0.15) is 34.4 Å². The highest BCUT2D eigenvalue weighted by Gasteiger charge is 2.31. The molecule has 0 aliphatic heterocycles. The van der Waals surface area contributed by atoms with Gasteiger partial charge in [0.15, 0.2) is 0 Å². The van der Waals surface area contributed by atoms with E-state index in [-0.39, 0.29) is 12.2 Å². The topological polar surface area (TPSA) is 59.3 Å². The fourth-order valence-corrected chi connectivity index (χ4v) is 2.51. The van der Waals surface area contributed by atoms with Crippen LogP contribution in [0.15, 0.2) is 42.7 Å². The van der Waals surface area contributed by atoms with E-state index in [4.69, 9.17) is 0 Å². The fourth-order valence-electron chi connectivity index (χ4n) is 2.51. The number of carbonyl (C=O) groups is 1. The summed E-state index contributed by atoms with van der Waals surface area (Å²) in [4.78, 5) is 20.9. The number of alkyl halides is 3. The van der Waals surface area contributed by atoms with Gasteiger partial charge < -0.3 is 5.32 Å². The zero-order valence-corrected chi connectivity index (χ0v) is 13.3. The summed E-state index contributed by atoms with van der Waals surface area (Å²) < 4.78 is 40.1. The zero-order valence-electron chi connectivity index (χ0n) is 13.3. The molecular formula is C17H15F3N4O. The van der Waals surface area contributed by atoms with Crippen molar-refractivity contribution in [1.82, 2.24) is 19.7 Å². The molecule has 1 amide bonds. The van der Waals surface area contributed by atoms with Gasteiger partial charge in [-0.3, -0.25) is 14.2 Å². The Kier molecular flexibility index (Phi) is 4.43. The lowest BCUT2D eigenvalue weighted by Gasteiger charge is -2.09. The van der Waals surface area contributed by atoms with Crippen LogP contribution in [0, 0.1) is 0 Å². The summed E-state index contributed by atoms with van der Waals surface area (Å²) in [6.07, 6.45) is -1.57. The van der Waals surface area contributed by atoms with Crippen LogP contribution in [0.3, 0.4) is 0 Å². The first kappa shape index (κ1) is 16.9. The Morgan fingerprint density at radius 3 is 2.68 bits per heavy atom. The summed E-state index contributed by atoms with van der Waals surface area (Å²) in [6, 6.07) is 7.51. The van der Waals surface area contributed by atoms with Crippen molar-refractivity contribution in [2.45, 2.75) is 26.1 Å². The molecule has 0 aromatic carbocycles. The molecule has 0 aliphatic carbocycles. The number of aryl methyl sites for hydroxylation is 1. The van der Waals surface area contributed by atoms with Gasteiger partial charge >= 0.3 is 6.18 Å². The monoisotopic (exact) mass is 348 g/mol.